The van der Waals surface area contributed by atoms with Crippen molar-refractivity contribution in [3.8, 4) is 16.9 Å². The van der Waals surface area contributed by atoms with Crippen LogP contribution in [0.4, 0.5) is 0 Å². The predicted octanol–water partition coefficient (Wildman–Crippen LogP) is 0.884. The smallest absolute Gasteiger partial charge is 0.335 e. The largest absolute Gasteiger partial charge is 0.478 e. The Balaban J connectivity index is 1.78. The van der Waals surface area contributed by atoms with Gasteiger partial charge in [-0.3, -0.25) is 0 Å². The molecule has 3 rings (SSSR count). The zero-order chi connectivity index (χ0) is 20.4. The third kappa shape index (κ3) is 4.12. The van der Waals surface area contributed by atoms with E-state index in [9.17, 15) is 25.2 Å². The standard InChI is InChI=1S/C19H19ClO8/c20-13-7-11(27-19-17(24)16(23)15(22)14(8-21)28-19)5-6-12(13)9-1-3-10(4-2-9)18(25)26/h1-7,14-17,19,21-24H,8H2,(H,25,26)/t14?,15-,16?,17?,19-/m1/s1. The maximum atomic E-state index is 10.9. The number of carboxylic acids is 1. The average molecular weight is 411 g/mol. The summed E-state index contributed by atoms with van der Waals surface area (Å²) in [6, 6.07) is 10.9. The summed E-state index contributed by atoms with van der Waals surface area (Å²) in [5.41, 5.74) is 1.50. The fourth-order valence-electron chi connectivity index (χ4n) is 2.89. The number of benzene rings is 2. The maximum Gasteiger partial charge on any atom is 0.335 e. The summed E-state index contributed by atoms with van der Waals surface area (Å²) < 4.78 is 10.8. The van der Waals surface area contributed by atoms with E-state index in [1.165, 1.54) is 18.2 Å². The molecule has 1 aliphatic heterocycles. The van der Waals surface area contributed by atoms with Gasteiger partial charge in [0, 0.05) is 5.56 Å². The van der Waals surface area contributed by atoms with Gasteiger partial charge in [-0.2, -0.15) is 0 Å². The van der Waals surface area contributed by atoms with Gasteiger partial charge in [0.25, 0.3) is 0 Å². The minimum absolute atomic E-state index is 0.155. The van der Waals surface area contributed by atoms with E-state index in [4.69, 9.17) is 26.2 Å². The molecule has 1 fully saturated rings. The van der Waals surface area contributed by atoms with Crippen LogP contribution in [0.15, 0.2) is 42.5 Å². The third-order valence-corrected chi connectivity index (χ3v) is 4.80. The van der Waals surface area contributed by atoms with Crippen LogP contribution in [-0.2, 0) is 4.74 Å². The van der Waals surface area contributed by atoms with Gasteiger partial charge in [-0.05, 0) is 35.9 Å². The van der Waals surface area contributed by atoms with Crippen LogP contribution in [0.5, 0.6) is 5.75 Å². The molecule has 3 unspecified atom stereocenters. The molecule has 2 aromatic rings. The van der Waals surface area contributed by atoms with Gasteiger partial charge in [0.2, 0.25) is 6.29 Å². The SMILES string of the molecule is O=C(O)c1ccc(-c2ccc(O[C@@H]3OC(CO)[C@@H](O)C(O)C3O)cc2Cl)cc1. The number of rotatable bonds is 5. The van der Waals surface area contributed by atoms with Gasteiger partial charge < -0.3 is 35.0 Å². The lowest BCUT2D eigenvalue weighted by atomic mass is 9.99. The average Bonchev–Trinajstić information content (AvgIpc) is 2.68. The molecule has 0 saturated carbocycles. The molecule has 0 aliphatic carbocycles. The van der Waals surface area contributed by atoms with Crippen molar-refractivity contribution in [1.29, 1.82) is 0 Å². The van der Waals surface area contributed by atoms with E-state index >= 15 is 0 Å². The Morgan fingerprint density at radius 2 is 1.71 bits per heavy atom. The summed E-state index contributed by atoms with van der Waals surface area (Å²) >= 11 is 6.30. The number of halogens is 1. The molecule has 0 radical (unpaired) electrons. The van der Waals surface area contributed by atoms with Crippen molar-refractivity contribution in [1.82, 2.24) is 0 Å². The maximum absolute atomic E-state index is 10.9. The van der Waals surface area contributed by atoms with E-state index in [1.54, 1.807) is 24.3 Å². The lowest BCUT2D eigenvalue weighted by Crippen LogP contribution is -2.60. The van der Waals surface area contributed by atoms with Crippen LogP contribution in [0, 0.1) is 0 Å². The Kier molecular flexibility index (Phi) is 6.19. The first-order valence-electron chi connectivity index (χ1n) is 8.42. The van der Waals surface area contributed by atoms with Crippen molar-refractivity contribution in [3.05, 3.63) is 53.1 Å². The summed E-state index contributed by atoms with van der Waals surface area (Å²) in [5.74, 6) is -0.791. The number of ether oxygens (including phenoxy) is 2. The molecule has 5 atom stereocenters. The van der Waals surface area contributed by atoms with Crippen LogP contribution in [0.3, 0.4) is 0 Å². The van der Waals surface area contributed by atoms with Crippen molar-refractivity contribution in [3.63, 3.8) is 0 Å². The number of aliphatic hydroxyl groups is 4. The summed E-state index contributed by atoms with van der Waals surface area (Å²) in [7, 11) is 0. The zero-order valence-electron chi connectivity index (χ0n) is 14.5. The number of carboxylic acid groups (broad SMARTS) is 1. The Morgan fingerprint density at radius 1 is 1.04 bits per heavy atom. The second-order valence-corrected chi connectivity index (χ2v) is 6.75. The number of hydrogen-bond donors (Lipinski definition) is 5. The van der Waals surface area contributed by atoms with Crippen LogP contribution in [0.2, 0.25) is 5.02 Å². The second kappa shape index (κ2) is 8.44. The predicted molar refractivity (Wildman–Crippen MR) is 98.2 cm³/mol. The van der Waals surface area contributed by atoms with Gasteiger partial charge in [-0.1, -0.05) is 23.7 Å². The fourth-order valence-corrected chi connectivity index (χ4v) is 3.17. The van der Waals surface area contributed by atoms with Crippen molar-refractivity contribution < 1.29 is 39.8 Å². The molecule has 8 nitrogen and oxygen atoms in total. The molecule has 1 heterocycles. The number of aliphatic hydroxyl groups excluding tert-OH is 4. The molecule has 0 bridgehead atoms. The lowest BCUT2D eigenvalue weighted by molar-refractivity contribution is -0.277. The quantitative estimate of drug-likeness (QED) is 0.490. The van der Waals surface area contributed by atoms with Crippen molar-refractivity contribution in [2.75, 3.05) is 6.61 Å². The molecule has 150 valence electrons. The van der Waals surface area contributed by atoms with Gasteiger partial charge >= 0.3 is 5.97 Å². The van der Waals surface area contributed by atoms with Crippen LogP contribution in [-0.4, -0.2) is 68.8 Å². The topological polar surface area (TPSA) is 137 Å². The molecule has 1 aliphatic rings. The highest BCUT2D eigenvalue weighted by Gasteiger charge is 2.44. The molecule has 0 spiro atoms. The van der Waals surface area contributed by atoms with Crippen LogP contribution in [0.1, 0.15) is 10.4 Å². The normalized spacial score (nSPS) is 27.4. The van der Waals surface area contributed by atoms with Gasteiger partial charge in [0.15, 0.2) is 0 Å². The summed E-state index contributed by atoms with van der Waals surface area (Å²) in [6.07, 6.45) is -6.93. The van der Waals surface area contributed by atoms with Crippen molar-refractivity contribution >= 4 is 17.6 Å². The molecule has 1 saturated heterocycles. The van der Waals surface area contributed by atoms with Crippen molar-refractivity contribution in [2.24, 2.45) is 0 Å². The molecule has 0 aromatic heterocycles. The van der Waals surface area contributed by atoms with E-state index in [2.05, 4.69) is 0 Å². The van der Waals surface area contributed by atoms with E-state index in [1.807, 2.05) is 0 Å². The van der Waals surface area contributed by atoms with E-state index in [0.717, 1.165) is 0 Å². The highest BCUT2D eigenvalue weighted by atomic mass is 35.5. The van der Waals surface area contributed by atoms with E-state index < -0.39 is 43.3 Å². The Labute approximate surface area is 165 Å². The number of carbonyl (C=O) groups is 1. The van der Waals surface area contributed by atoms with Gasteiger partial charge in [-0.25, -0.2) is 4.79 Å². The second-order valence-electron chi connectivity index (χ2n) is 6.34. The van der Waals surface area contributed by atoms with Gasteiger partial charge in [0.1, 0.15) is 30.2 Å². The molecule has 28 heavy (non-hydrogen) atoms. The Hall–Kier alpha value is -2.20. The monoisotopic (exact) mass is 410 g/mol. The number of aromatic carboxylic acids is 1. The summed E-state index contributed by atoms with van der Waals surface area (Å²) in [5, 5.41) is 48.1. The van der Waals surface area contributed by atoms with Crippen LogP contribution < -0.4 is 4.74 Å². The third-order valence-electron chi connectivity index (χ3n) is 4.48. The molecule has 5 N–H and O–H groups in total. The van der Waals surface area contributed by atoms with E-state index in [0.29, 0.717) is 16.1 Å². The van der Waals surface area contributed by atoms with Crippen LogP contribution >= 0.6 is 11.6 Å². The Bertz CT molecular complexity index is 838. The van der Waals surface area contributed by atoms with E-state index in [-0.39, 0.29) is 11.3 Å². The first kappa shape index (κ1) is 20.5. The minimum Gasteiger partial charge on any atom is -0.478 e. The van der Waals surface area contributed by atoms with Gasteiger partial charge in [-0.15, -0.1) is 0 Å². The minimum atomic E-state index is -1.54. The molecule has 2 aromatic carbocycles. The first-order valence-corrected chi connectivity index (χ1v) is 8.80. The van der Waals surface area contributed by atoms with Crippen molar-refractivity contribution in [2.45, 2.75) is 30.7 Å². The lowest BCUT2D eigenvalue weighted by Gasteiger charge is -2.39. The molecule has 9 heteroatoms. The molecular formula is C19H19ClO8. The zero-order valence-corrected chi connectivity index (χ0v) is 15.2. The summed E-state index contributed by atoms with van der Waals surface area (Å²) in [4.78, 5) is 10.9. The number of hydrogen-bond acceptors (Lipinski definition) is 7. The Morgan fingerprint density at radius 3 is 2.29 bits per heavy atom. The fraction of sp³-hybridized carbons (Fsp3) is 0.316. The highest BCUT2D eigenvalue weighted by molar-refractivity contribution is 6.33. The highest BCUT2D eigenvalue weighted by Crippen LogP contribution is 2.33. The van der Waals surface area contributed by atoms with Crippen LogP contribution in [0.25, 0.3) is 11.1 Å². The molecular weight excluding hydrogens is 392 g/mol. The summed E-state index contributed by atoms with van der Waals surface area (Å²) in [6.45, 7) is -0.559. The first-order chi connectivity index (χ1) is 13.3. The molecule has 0 amide bonds. The van der Waals surface area contributed by atoms with Gasteiger partial charge in [0.05, 0.1) is 17.2 Å².